The van der Waals surface area contributed by atoms with Gasteiger partial charge in [-0.25, -0.2) is 0 Å². The maximum atomic E-state index is 12.2. The molecule has 6 heteroatoms. The molecule has 1 heterocycles. The van der Waals surface area contributed by atoms with Crippen LogP contribution in [0.25, 0.3) is 0 Å². The van der Waals surface area contributed by atoms with E-state index in [4.69, 9.17) is 4.74 Å². The molecule has 6 nitrogen and oxygen atoms in total. The minimum atomic E-state index is -0.624. The number of aryl methyl sites for hydroxylation is 3. The largest absolute Gasteiger partial charge is 0.371 e. The zero-order valence-electron chi connectivity index (χ0n) is 18.0. The number of amides is 2. The molecule has 0 saturated carbocycles. The predicted octanol–water partition coefficient (Wildman–Crippen LogP) is 3.13. The van der Waals surface area contributed by atoms with Crippen LogP contribution in [0.4, 0.5) is 5.69 Å². The molecular formula is C24H31N3O3. The van der Waals surface area contributed by atoms with E-state index in [0.29, 0.717) is 18.8 Å². The van der Waals surface area contributed by atoms with Gasteiger partial charge in [-0.05, 0) is 43.9 Å². The summed E-state index contributed by atoms with van der Waals surface area (Å²) in [6.07, 6.45) is 0.865. The Morgan fingerprint density at radius 3 is 2.47 bits per heavy atom. The van der Waals surface area contributed by atoms with Gasteiger partial charge in [-0.15, -0.1) is 0 Å². The topological polar surface area (TPSA) is 70.7 Å². The number of rotatable bonds is 6. The predicted molar refractivity (Wildman–Crippen MR) is 118 cm³/mol. The number of benzene rings is 2. The zero-order valence-corrected chi connectivity index (χ0v) is 18.0. The van der Waals surface area contributed by atoms with Crippen molar-refractivity contribution in [2.75, 3.05) is 38.1 Å². The van der Waals surface area contributed by atoms with E-state index in [0.717, 1.165) is 42.7 Å². The van der Waals surface area contributed by atoms with E-state index in [-0.39, 0.29) is 6.10 Å². The van der Waals surface area contributed by atoms with Crippen molar-refractivity contribution in [3.63, 3.8) is 0 Å². The number of nitrogens with one attached hydrogen (secondary N) is 2. The molecule has 0 unspecified atom stereocenters. The number of morpholine rings is 1. The van der Waals surface area contributed by atoms with Crippen molar-refractivity contribution in [2.45, 2.75) is 33.3 Å². The highest BCUT2D eigenvalue weighted by molar-refractivity contribution is 6.39. The minimum absolute atomic E-state index is 0.0845. The molecule has 3 rings (SSSR count). The fourth-order valence-electron chi connectivity index (χ4n) is 3.91. The van der Waals surface area contributed by atoms with E-state index >= 15 is 0 Å². The molecule has 0 aliphatic carbocycles. The van der Waals surface area contributed by atoms with Gasteiger partial charge >= 0.3 is 11.8 Å². The van der Waals surface area contributed by atoms with E-state index in [1.54, 1.807) is 0 Å². The molecule has 0 spiro atoms. The van der Waals surface area contributed by atoms with Gasteiger partial charge in [0.1, 0.15) is 0 Å². The molecule has 1 saturated heterocycles. The summed E-state index contributed by atoms with van der Waals surface area (Å²) in [5.41, 5.74) is 4.93. The first-order valence-electron chi connectivity index (χ1n) is 10.5. The molecule has 2 N–H and O–H groups in total. The van der Waals surface area contributed by atoms with Crippen molar-refractivity contribution >= 4 is 17.5 Å². The van der Waals surface area contributed by atoms with Gasteiger partial charge in [-0.1, -0.05) is 48.0 Å². The average Bonchev–Trinajstić information content (AvgIpc) is 2.74. The molecule has 0 radical (unpaired) electrons. The molecule has 1 aliphatic heterocycles. The van der Waals surface area contributed by atoms with E-state index in [1.165, 1.54) is 5.56 Å². The van der Waals surface area contributed by atoms with Gasteiger partial charge < -0.3 is 15.4 Å². The van der Waals surface area contributed by atoms with Crippen LogP contribution in [-0.2, 0) is 14.3 Å². The standard InChI is InChI=1S/C24H31N3O3/c1-17-14-18(2)22(19(3)15-17)26-24(29)23(28)25-10-7-11-27-12-13-30-21(16-27)20-8-5-4-6-9-20/h4-6,8-9,14-15,21H,7,10-13,16H2,1-3H3,(H,25,28)(H,26,29)/t21-/m1/s1. The highest BCUT2D eigenvalue weighted by Gasteiger charge is 2.21. The smallest absolute Gasteiger partial charge is 0.313 e. The van der Waals surface area contributed by atoms with Crippen LogP contribution in [0.1, 0.15) is 34.8 Å². The first-order chi connectivity index (χ1) is 14.4. The Bertz CT molecular complexity index is 860. The first kappa shape index (κ1) is 22.0. The summed E-state index contributed by atoms with van der Waals surface area (Å²) in [7, 11) is 0. The second kappa shape index (κ2) is 10.4. The average molecular weight is 410 g/mol. The van der Waals surface area contributed by atoms with Gasteiger partial charge in [0.25, 0.3) is 0 Å². The third kappa shape index (κ3) is 5.90. The van der Waals surface area contributed by atoms with E-state index in [2.05, 4.69) is 27.7 Å². The summed E-state index contributed by atoms with van der Waals surface area (Å²) in [6.45, 7) is 9.60. The van der Waals surface area contributed by atoms with Crippen LogP contribution in [0.5, 0.6) is 0 Å². The molecule has 0 aromatic heterocycles. The Hall–Kier alpha value is -2.70. The lowest BCUT2D eigenvalue weighted by atomic mass is 10.1. The lowest BCUT2D eigenvalue weighted by Crippen LogP contribution is -2.41. The molecule has 1 atom stereocenters. The maximum Gasteiger partial charge on any atom is 0.313 e. The van der Waals surface area contributed by atoms with Gasteiger partial charge in [0.05, 0.1) is 12.7 Å². The van der Waals surface area contributed by atoms with Crippen LogP contribution < -0.4 is 10.6 Å². The van der Waals surface area contributed by atoms with E-state index < -0.39 is 11.8 Å². The summed E-state index contributed by atoms with van der Waals surface area (Å²) >= 11 is 0. The second-order valence-electron chi connectivity index (χ2n) is 7.91. The Kier molecular flexibility index (Phi) is 7.60. The maximum absolute atomic E-state index is 12.2. The third-order valence-electron chi connectivity index (χ3n) is 5.38. The quantitative estimate of drug-likeness (QED) is 0.568. The summed E-state index contributed by atoms with van der Waals surface area (Å²) in [4.78, 5) is 26.8. The van der Waals surface area contributed by atoms with Crippen LogP contribution in [0.2, 0.25) is 0 Å². The van der Waals surface area contributed by atoms with Crippen molar-refractivity contribution in [1.82, 2.24) is 10.2 Å². The molecule has 2 amide bonds. The summed E-state index contributed by atoms with van der Waals surface area (Å²) < 4.78 is 5.89. The second-order valence-corrected chi connectivity index (χ2v) is 7.91. The molecule has 0 bridgehead atoms. The first-order valence-corrected chi connectivity index (χ1v) is 10.5. The Balaban J connectivity index is 1.41. The Morgan fingerprint density at radius 2 is 1.77 bits per heavy atom. The van der Waals surface area contributed by atoms with Gasteiger partial charge in [0.2, 0.25) is 0 Å². The van der Waals surface area contributed by atoms with Crippen molar-refractivity contribution in [3.05, 3.63) is 64.7 Å². The molecule has 1 aliphatic rings. The molecule has 160 valence electrons. The number of hydrogen-bond acceptors (Lipinski definition) is 4. The van der Waals surface area contributed by atoms with Crippen LogP contribution in [0.3, 0.4) is 0 Å². The fourth-order valence-corrected chi connectivity index (χ4v) is 3.91. The van der Waals surface area contributed by atoms with Gasteiger partial charge in [0.15, 0.2) is 0 Å². The monoisotopic (exact) mass is 409 g/mol. The molecule has 2 aromatic carbocycles. The summed E-state index contributed by atoms with van der Waals surface area (Å²) in [5, 5.41) is 5.47. The lowest BCUT2D eigenvalue weighted by Gasteiger charge is -2.33. The SMILES string of the molecule is Cc1cc(C)c(NC(=O)C(=O)NCCCN2CCO[C@@H](c3ccccc3)C2)c(C)c1. The fraction of sp³-hybridized carbons (Fsp3) is 0.417. The van der Waals surface area contributed by atoms with Crippen molar-refractivity contribution in [1.29, 1.82) is 0 Å². The Labute approximate surface area is 178 Å². The van der Waals surface area contributed by atoms with Crippen LogP contribution >= 0.6 is 0 Å². The zero-order chi connectivity index (χ0) is 21.5. The number of nitrogens with zero attached hydrogens (tertiary/aromatic N) is 1. The summed E-state index contributed by atoms with van der Waals surface area (Å²) in [5.74, 6) is -1.22. The molecule has 2 aromatic rings. The Morgan fingerprint density at radius 1 is 1.07 bits per heavy atom. The van der Waals surface area contributed by atoms with E-state index in [1.807, 2.05) is 51.1 Å². The number of carbonyl (C=O) groups is 2. The molecule has 30 heavy (non-hydrogen) atoms. The molecular weight excluding hydrogens is 378 g/mol. The van der Waals surface area contributed by atoms with Gasteiger partial charge in [0, 0.05) is 31.9 Å². The lowest BCUT2D eigenvalue weighted by molar-refractivity contribution is -0.136. The van der Waals surface area contributed by atoms with Crippen molar-refractivity contribution in [3.8, 4) is 0 Å². The van der Waals surface area contributed by atoms with Crippen molar-refractivity contribution < 1.29 is 14.3 Å². The van der Waals surface area contributed by atoms with Crippen LogP contribution in [0, 0.1) is 20.8 Å². The van der Waals surface area contributed by atoms with Crippen LogP contribution in [0.15, 0.2) is 42.5 Å². The van der Waals surface area contributed by atoms with Crippen LogP contribution in [-0.4, -0.2) is 49.5 Å². The van der Waals surface area contributed by atoms with E-state index in [9.17, 15) is 9.59 Å². The summed E-state index contributed by atoms with van der Waals surface area (Å²) in [6, 6.07) is 14.2. The number of ether oxygens (including phenoxy) is 1. The molecule has 1 fully saturated rings. The van der Waals surface area contributed by atoms with Gasteiger partial charge in [-0.3, -0.25) is 14.5 Å². The normalized spacial score (nSPS) is 16.8. The number of hydrogen-bond donors (Lipinski definition) is 2. The van der Waals surface area contributed by atoms with Gasteiger partial charge in [-0.2, -0.15) is 0 Å². The highest BCUT2D eigenvalue weighted by atomic mass is 16.5. The van der Waals surface area contributed by atoms with Crippen molar-refractivity contribution in [2.24, 2.45) is 0 Å². The third-order valence-corrected chi connectivity index (χ3v) is 5.38. The highest BCUT2D eigenvalue weighted by Crippen LogP contribution is 2.22. The minimum Gasteiger partial charge on any atom is -0.371 e. The number of anilines is 1. The number of carbonyl (C=O) groups excluding carboxylic acids is 2.